The molecular formula is C20H19F3N6O3. The lowest BCUT2D eigenvalue weighted by Gasteiger charge is -2.36. The van der Waals surface area contributed by atoms with Gasteiger partial charge in [0.05, 0.1) is 5.56 Å². The molecule has 9 nitrogen and oxygen atoms in total. The van der Waals surface area contributed by atoms with E-state index in [1.807, 2.05) is 0 Å². The van der Waals surface area contributed by atoms with Gasteiger partial charge in [0.25, 0.3) is 17.5 Å². The first kappa shape index (κ1) is 21.5. The molecule has 168 valence electrons. The summed E-state index contributed by atoms with van der Waals surface area (Å²) in [5, 5.41) is 4.03. The maximum atomic E-state index is 12.9. The summed E-state index contributed by atoms with van der Waals surface area (Å²) in [6.45, 7) is 2.61. The predicted molar refractivity (Wildman–Crippen MR) is 106 cm³/mol. The Labute approximate surface area is 180 Å². The van der Waals surface area contributed by atoms with E-state index in [0.717, 1.165) is 17.8 Å². The Bertz CT molecular complexity index is 1150. The fourth-order valence-electron chi connectivity index (χ4n) is 3.37. The lowest BCUT2D eigenvalue weighted by Crippen LogP contribution is -2.50. The van der Waals surface area contributed by atoms with E-state index >= 15 is 0 Å². The normalized spacial score (nSPS) is 14.6. The molecule has 12 heteroatoms. The summed E-state index contributed by atoms with van der Waals surface area (Å²) in [6, 6.07) is 6.79. The van der Waals surface area contributed by atoms with Crippen molar-refractivity contribution >= 4 is 23.3 Å². The second kappa shape index (κ2) is 8.44. The third-order valence-electron chi connectivity index (χ3n) is 5.11. The van der Waals surface area contributed by atoms with E-state index in [1.54, 1.807) is 24.0 Å². The number of benzene rings is 1. The minimum Gasteiger partial charge on any atom is -0.450 e. The van der Waals surface area contributed by atoms with Crippen molar-refractivity contribution in [2.24, 2.45) is 0 Å². The minimum atomic E-state index is -4.41. The topological polar surface area (TPSA) is 92.9 Å². The molecule has 1 aromatic carbocycles. The van der Waals surface area contributed by atoms with Gasteiger partial charge in [0.2, 0.25) is 0 Å². The van der Waals surface area contributed by atoms with Crippen LogP contribution in [-0.2, 0) is 15.7 Å². The van der Waals surface area contributed by atoms with Crippen molar-refractivity contribution < 1.29 is 27.5 Å². The maximum Gasteiger partial charge on any atom is 0.416 e. The lowest BCUT2D eigenvalue weighted by molar-refractivity contribution is -0.137. The van der Waals surface area contributed by atoms with Gasteiger partial charge in [0.1, 0.15) is 0 Å². The van der Waals surface area contributed by atoms with Crippen molar-refractivity contribution in [3.8, 4) is 0 Å². The second-order valence-electron chi connectivity index (χ2n) is 7.23. The largest absolute Gasteiger partial charge is 0.450 e. The molecule has 4 rings (SSSR count). The highest BCUT2D eigenvalue weighted by molar-refractivity contribution is 5.88. The number of anilines is 1. The monoisotopic (exact) mass is 448 g/mol. The number of fused-ring (bicyclic) bond motifs is 1. The van der Waals surface area contributed by atoms with Gasteiger partial charge >= 0.3 is 12.1 Å². The number of hydrogen-bond acceptors (Lipinski definition) is 7. The Morgan fingerprint density at radius 2 is 1.88 bits per heavy atom. The molecular weight excluding hydrogens is 429 g/mol. The number of nitrogens with zero attached hydrogens (tertiary/aromatic N) is 6. The zero-order valence-electron chi connectivity index (χ0n) is 17.0. The Morgan fingerprint density at radius 1 is 1.12 bits per heavy atom. The number of halogens is 3. The van der Waals surface area contributed by atoms with Gasteiger partial charge in [-0.15, -0.1) is 5.10 Å². The molecule has 1 aliphatic heterocycles. The number of piperazine rings is 1. The summed E-state index contributed by atoms with van der Waals surface area (Å²) in [7, 11) is 0. The average molecular weight is 448 g/mol. The number of aromatic nitrogens is 4. The number of alkyl halides is 3. The zero-order chi connectivity index (χ0) is 22.9. The van der Waals surface area contributed by atoms with Crippen LogP contribution in [0, 0.1) is 6.92 Å². The first-order valence-electron chi connectivity index (χ1n) is 9.78. The van der Waals surface area contributed by atoms with Gasteiger partial charge in [0, 0.05) is 43.8 Å². The Hall–Kier alpha value is -3.70. The van der Waals surface area contributed by atoms with Crippen LogP contribution < -0.4 is 4.90 Å². The molecule has 1 saturated heterocycles. The Morgan fingerprint density at radius 3 is 2.56 bits per heavy atom. The molecule has 0 spiro atoms. The smallest absolute Gasteiger partial charge is 0.416 e. The van der Waals surface area contributed by atoms with Gasteiger partial charge < -0.3 is 14.5 Å². The number of carbonyl (C=O) groups excluding carboxylic acids is 2. The van der Waals surface area contributed by atoms with Gasteiger partial charge in [-0.25, -0.2) is 14.3 Å². The molecule has 3 heterocycles. The average Bonchev–Trinajstić information content (AvgIpc) is 3.23. The molecule has 3 aromatic rings. The van der Waals surface area contributed by atoms with Crippen LogP contribution in [0.1, 0.15) is 21.9 Å². The third kappa shape index (κ3) is 4.48. The fourth-order valence-corrected chi connectivity index (χ4v) is 3.37. The molecule has 0 bridgehead atoms. The number of aryl methyl sites for hydroxylation is 1. The van der Waals surface area contributed by atoms with E-state index in [4.69, 9.17) is 4.74 Å². The summed E-state index contributed by atoms with van der Waals surface area (Å²) >= 11 is 0. The number of carbonyl (C=O) groups is 2. The quantitative estimate of drug-likeness (QED) is 0.564. The highest BCUT2D eigenvalue weighted by Crippen LogP contribution is 2.31. The summed E-state index contributed by atoms with van der Waals surface area (Å²) < 4.78 is 45.2. The van der Waals surface area contributed by atoms with Crippen LogP contribution in [0.3, 0.4) is 0 Å². The molecule has 1 amide bonds. The fraction of sp³-hybridized carbons (Fsp3) is 0.350. The van der Waals surface area contributed by atoms with E-state index in [2.05, 4.69) is 15.1 Å². The third-order valence-corrected chi connectivity index (χ3v) is 5.11. The molecule has 0 aliphatic carbocycles. The van der Waals surface area contributed by atoms with Crippen molar-refractivity contribution in [3.63, 3.8) is 0 Å². The first-order valence-corrected chi connectivity index (χ1v) is 9.78. The zero-order valence-corrected chi connectivity index (χ0v) is 17.0. The van der Waals surface area contributed by atoms with Crippen LogP contribution in [-0.4, -0.2) is 69.1 Å². The maximum absolute atomic E-state index is 12.9. The number of hydrogen-bond donors (Lipinski definition) is 0. The molecule has 1 fully saturated rings. The van der Waals surface area contributed by atoms with Gasteiger partial charge in [-0.2, -0.15) is 18.2 Å². The number of rotatable bonds is 4. The number of esters is 1. The lowest BCUT2D eigenvalue weighted by atomic mass is 10.1. The summed E-state index contributed by atoms with van der Waals surface area (Å²) in [5.41, 5.74) is 0.461. The van der Waals surface area contributed by atoms with Crippen molar-refractivity contribution in [3.05, 3.63) is 53.6 Å². The molecule has 0 atom stereocenters. The van der Waals surface area contributed by atoms with Crippen molar-refractivity contribution in [2.45, 2.75) is 13.1 Å². The summed E-state index contributed by atoms with van der Waals surface area (Å²) in [4.78, 5) is 35.9. The SMILES string of the molecule is Cc1ccnc2nc(C(=O)OCC(=O)N3CCN(c4cccc(C(F)(F)F)c4)CC3)nn12. The number of amides is 1. The molecule has 0 unspecified atom stereocenters. The van der Waals surface area contributed by atoms with Crippen LogP contribution in [0.5, 0.6) is 0 Å². The molecule has 2 aromatic heterocycles. The van der Waals surface area contributed by atoms with E-state index in [1.165, 1.54) is 21.7 Å². The van der Waals surface area contributed by atoms with Crippen molar-refractivity contribution in [1.82, 2.24) is 24.5 Å². The number of ether oxygens (including phenoxy) is 1. The van der Waals surface area contributed by atoms with Crippen molar-refractivity contribution in [1.29, 1.82) is 0 Å². The molecule has 0 N–H and O–H groups in total. The van der Waals surface area contributed by atoms with Gasteiger partial charge in [-0.05, 0) is 31.2 Å². The van der Waals surface area contributed by atoms with E-state index in [-0.39, 0.29) is 11.6 Å². The van der Waals surface area contributed by atoms with Gasteiger partial charge in [-0.1, -0.05) is 6.07 Å². The standard InChI is InChI=1S/C20H19F3N6O3/c1-13-5-6-24-19-25-17(26-29(13)19)18(31)32-12-16(30)28-9-7-27(8-10-28)15-4-2-3-14(11-15)20(21,22)23/h2-6,11H,7-10,12H2,1H3. The van der Waals surface area contributed by atoms with E-state index < -0.39 is 30.2 Å². The van der Waals surface area contributed by atoms with Crippen molar-refractivity contribution in [2.75, 3.05) is 37.7 Å². The minimum absolute atomic E-state index is 0.200. The summed E-state index contributed by atoms with van der Waals surface area (Å²) in [5.74, 6) is -1.20. The van der Waals surface area contributed by atoms with Gasteiger partial charge in [0.15, 0.2) is 6.61 Å². The highest BCUT2D eigenvalue weighted by atomic mass is 19.4. The Kier molecular flexibility index (Phi) is 5.68. The van der Waals surface area contributed by atoms with E-state index in [0.29, 0.717) is 31.9 Å². The van der Waals surface area contributed by atoms with E-state index in [9.17, 15) is 22.8 Å². The van der Waals surface area contributed by atoms with Crippen LogP contribution in [0.25, 0.3) is 5.78 Å². The molecule has 1 aliphatic rings. The van der Waals surface area contributed by atoms with Gasteiger partial charge in [-0.3, -0.25) is 4.79 Å². The van der Waals surface area contributed by atoms with Crippen LogP contribution in [0.4, 0.5) is 18.9 Å². The predicted octanol–water partition coefficient (Wildman–Crippen LogP) is 1.96. The highest BCUT2D eigenvalue weighted by Gasteiger charge is 2.31. The summed E-state index contributed by atoms with van der Waals surface area (Å²) in [6.07, 6.45) is -2.88. The molecule has 0 saturated carbocycles. The van der Waals surface area contributed by atoms with Crippen LogP contribution in [0.2, 0.25) is 0 Å². The first-order chi connectivity index (χ1) is 15.2. The molecule has 32 heavy (non-hydrogen) atoms. The Balaban J connectivity index is 1.31. The van der Waals surface area contributed by atoms with Crippen LogP contribution >= 0.6 is 0 Å². The van der Waals surface area contributed by atoms with Crippen LogP contribution in [0.15, 0.2) is 36.5 Å². The molecule has 0 radical (unpaired) electrons. The second-order valence-corrected chi connectivity index (χ2v) is 7.23.